The van der Waals surface area contributed by atoms with Gasteiger partial charge in [-0.25, -0.2) is 4.98 Å². The summed E-state index contributed by atoms with van der Waals surface area (Å²) in [5, 5.41) is 0. The summed E-state index contributed by atoms with van der Waals surface area (Å²) in [5.74, 6) is 1.30. The molecular formula is C17H28N2OS. The molecule has 2 rings (SSSR count). The molecule has 1 N–H and O–H groups in total. The number of aryl methyl sites for hydroxylation is 1. The summed E-state index contributed by atoms with van der Waals surface area (Å²) >= 11 is 5.53. The maximum absolute atomic E-state index is 5.93. The summed E-state index contributed by atoms with van der Waals surface area (Å²) in [7, 11) is 1.79. The molecule has 1 aromatic heterocycles. The second-order valence-corrected chi connectivity index (χ2v) is 7.83. The number of nitrogens with zero attached hydrogens (tertiary/aromatic N) is 1. The Morgan fingerprint density at radius 3 is 2.19 bits per heavy atom. The van der Waals surface area contributed by atoms with Gasteiger partial charge in [0.25, 0.3) is 0 Å². The van der Waals surface area contributed by atoms with E-state index in [-0.39, 0.29) is 5.60 Å². The molecule has 1 saturated carbocycles. The highest BCUT2D eigenvalue weighted by Gasteiger charge is 2.41. The third-order valence-electron chi connectivity index (χ3n) is 4.96. The molecule has 0 aromatic carbocycles. The maximum Gasteiger partial charge on any atom is 0.140 e. The molecule has 1 aliphatic carbocycles. The van der Waals surface area contributed by atoms with Crippen LogP contribution >= 0.6 is 12.2 Å². The maximum atomic E-state index is 5.93. The summed E-state index contributed by atoms with van der Waals surface area (Å²) in [5.41, 5.74) is 2.37. The highest BCUT2D eigenvalue weighted by atomic mass is 32.1. The molecule has 0 atom stereocenters. The minimum absolute atomic E-state index is 0.302. The van der Waals surface area contributed by atoms with Gasteiger partial charge < -0.3 is 9.72 Å². The van der Waals surface area contributed by atoms with Crippen molar-refractivity contribution in [3.8, 4) is 0 Å². The van der Waals surface area contributed by atoms with Gasteiger partial charge in [0, 0.05) is 18.4 Å². The van der Waals surface area contributed by atoms with Crippen LogP contribution in [0.4, 0.5) is 0 Å². The topological polar surface area (TPSA) is 37.9 Å². The SMILES string of the molecule is COC1(c2nc(=S)c(C(C)C)c(C)[nH]2)CCC(C)(C)CC1. The van der Waals surface area contributed by atoms with Gasteiger partial charge in [0.1, 0.15) is 16.1 Å². The number of ether oxygens (including phenoxy) is 1. The molecule has 1 heterocycles. The van der Waals surface area contributed by atoms with E-state index < -0.39 is 0 Å². The molecule has 0 unspecified atom stereocenters. The normalized spacial score (nSPS) is 20.7. The van der Waals surface area contributed by atoms with Gasteiger partial charge in [0.15, 0.2) is 0 Å². The quantitative estimate of drug-likeness (QED) is 0.797. The van der Waals surface area contributed by atoms with Crippen LogP contribution in [0.5, 0.6) is 0 Å². The van der Waals surface area contributed by atoms with Crippen molar-refractivity contribution in [2.75, 3.05) is 7.11 Å². The van der Waals surface area contributed by atoms with Crippen LogP contribution in [-0.4, -0.2) is 17.1 Å². The van der Waals surface area contributed by atoms with E-state index in [1.165, 1.54) is 0 Å². The molecular weight excluding hydrogens is 280 g/mol. The van der Waals surface area contributed by atoms with Crippen LogP contribution in [0.25, 0.3) is 0 Å². The standard InChI is InChI=1S/C17H28N2OS/c1-11(2)13-12(3)18-15(19-14(13)21)17(20-6)9-7-16(4,5)8-10-17/h11H,7-10H2,1-6H3,(H,18,19,21). The van der Waals surface area contributed by atoms with Crippen LogP contribution in [0.1, 0.15) is 76.4 Å². The van der Waals surface area contributed by atoms with Crippen LogP contribution in [0.3, 0.4) is 0 Å². The lowest BCUT2D eigenvalue weighted by atomic mass is 9.70. The van der Waals surface area contributed by atoms with Gasteiger partial charge in [-0.3, -0.25) is 0 Å². The van der Waals surface area contributed by atoms with Gasteiger partial charge in [0.2, 0.25) is 0 Å². The Morgan fingerprint density at radius 2 is 1.76 bits per heavy atom. The van der Waals surface area contributed by atoms with Gasteiger partial charge in [-0.2, -0.15) is 0 Å². The Morgan fingerprint density at radius 1 is 1.19 bits per heavy atom. The third-order valence-corrected chi connectivity index (χ3v) is 5.28. The van der Waals surface area contributed by atoms with E-state index in [2.05, 4.69) is 39.6 Å². The van der Waals surface area contributed by atoms with Crippen LogP contribution in [-0.2, 0) is 10.3 Å². The molecule has 0 saturated heterocycles. The lowest BCUT2D eigenvalue weighted by Crippen LogP contribution is -2.38. The van der Waals surface area contributed by atoms with E-state index in [9.17, 15) is 0 Å². The molecule has 0 bridgehead atoms. The second kappa shape index (κ2) is 5.81. The number of aromatic nitrogens is 2. The predicted molar refractivity (Wildman–Crippen MR) is 89.2 cm³/mol. The molecule has 0 radical (unpaired) electrons. The zero-order valence-corrected chi connectivity index (χ0v) is 15.0. The van der Waals surface area contributed by atoms with E-state index in [0.717, 1.165) is 47.4 Å². The first-order chi connectivity index (χ1) is 9.71. The molecule has 1 aromatic rings. The fraction of sp³-hybridized carbons (Fsp3) is 0.765. The zero-order valence-electron chi connectivity index (χ0n) is 14.2. The van der Waals surface area contributed by atoms with Crippen molar-refractivity contribution < 1.29 is 4.74 Å². The largest absolute Gasteiger partial charge is 0.370 e. The Hall–Kier alpha value is -0.740. The molecule has 0 amide bonds. The summed E-state index contributed by atoms with van der Waals surface area (Å²) < 4.78 is 6.65. The van der Waals surface area contributed by atoms with Crippen molar-refractivity contribution in [2.24, 2.45) is 5.41 Å². The smallest absolute Gasteiger partial charge is 0.140 e. The number of hydrogen-bond acceptors (Lipinski definition) is 3. The van der Waals surface area contributed by atoms with Crippen molar-refractivity contribution in [2.45, 2.75) is 71.8 Å². The molecule has 3 nitrogen and oxygen atoms in total. The zero-order chi connectivity index (χ0) is 15.8. The first-order valence-electron chi connectivity index (χ1n) is 7.87. The Balaban J connectivity index is 2.43. The Bertz CT molecular complexity index is 565. The third kappa shape index (κ3) is 3.21. The molecule has 118 valence electrons. The number of aromatic amines is 1. The monoisotopic (exact) mass is 308 g/mol. The van der Waals surface area contributed by atoms with Crippen molar-refractivity contribution in [3.05, 3.63) is 21.7 Å². The second-order valence-electron chi connectivity index (χ2n) is 7.45. The van der Waals surface area contributed by atoms with Crippen molar-refractivity contribution in [3.63, 3.8) is 0 Å². The highest BCUT2D eigenvalue weighted by molar-refractivity contribution is 7.71. The van der Waals surface area contributed by atoms with E-state index in [1.807, 2.05) is 0 Å². The lowest BCUT2D eigenvalue weighted by Gasteiger charge is -2.42. The van der Waals surface area contributed by atoms with E-state index in [0.29, 0.717) is 11.3 Å². The number of rotatable bonds is 3. The minimum Gasteiger partial charge on any atom is -0.370 e. The fourth-order valence-corrected chi connectivity index (χ4v) is 3.84. The summed E-state index contributed by atoms with van der Waals surface area (Å²) in [6.07, 6.45) is 4.28. The molecule has 21 heavy (non-hydrogen) atoms. The first-order valence-corrected chi connectivity index (χ1v) is 8.28. The molecule has 0 spiro atoms. The number of hydrogen-bond donors (Lipinski definition) is 1. The van der Waals surface area contributed by atoms with Crippen LogP contribution < -0.4 is 0 Å². The lowest BCUT2D eigenvalue weighted by molar-refractivity contribution is -0.0731. The van der Waals surface area contributed by atoms with Crippen molar-refractivity contribution >= 4 is 12.2 Å². The molecule has 1 aliphatic rings. The van der Waals surface area contributed by atoms with Gasteiger partial charge in [-0.15, -0.1) is 0 Å². The van der Waals surface area contributed by atoms with E-state index in [1.54, 1.807) is 7.11 Å². The number of nitrogens with one attached hydrogen (secondary N) is 1. The number of methoxy groups -OCH3 is 1. The van der Waals surface area contributed by atoms with Gasteiger partial charge in [-0.05, 0) is 43.9 Å². The van der Waals surface area contributed by atoms with Crippen molar-refractivity contribution in [1.82, 2.24) is 9.97 Å². The average Bonchev–Trinajstić information content (AvgIpc) is 2.38. The van der Waals surface area contributed by atoms with Gasteiger partial charge in [-0.1, -0.05) is 39.9 Å². The van der Waals surface area contributed by atoms with Gasteiger partial charge >= 0.3 is 0 Å². The predicted octanol–water partition coefficient (Wildman–Crippen LogP) is 5.01. The van der Waals surface area contributed by atoms with E-state index in [4.69, 9.17) is 21.9 Å². The molecule has 4 heteroatoms. The number of H-pyrrole nitrogens is 1. The average molecular weight is 308 g/mol. The van der Waals surface area contributed by atoms with Crippen LogP contribution in [0.15, 0.2) is 0 Å². The Kier molecular flexibility index (Phi) is 4.60. The summed E-state index contributed by atoms with van der Waals surface area (Å²) in [4.78, 5) is 8.19. The first kappa shape index (κ1) is 16.6. The summed E-state index contributed by atoms with van der Waals surface area (Å²) in [6, 6.07) is 0. The minimum atomic E-state index is -0.302. The fourth-order valence-electron chi connectivity index (χ4n) is 3.36. The highest BCUT2D eigenvalue weighted by Crippen LogP contribution is 2.46. The molecule has 1 fully saturated rings. The Labute approximate surface area is 133 Å². The van der Waals surface area contributed by atoms with Crippen molar-refractivity contribution in [1.29, 1.82) is 0 Å². The van der Waals surface area contributed by atoms with Gasteiger partial charge in [0.05, 0.1) is 0 Å². The van der Waals surface area contributed by atoms with E-state index >= 15 is 0 Å². The van der Waals surface area contributed by atoms with Crippen LogP contribution in [0.2, 0.25) is 0 Å². The van der Waals surface area contributed by atoms with Crippen LogP contribution in [0, 0.1) is 17.0 Å². The summed E-state index contributed by atoms with van der Waals surface area (Å²) in [6.45, 7) is 11.1. The molecule has 0 aliphatic heterocycles.